The molecule has 1 atom stereocenters. The third kappa shape index (κ3) is 3.94. The first-order chi connectivity index (χ1) is 10.8. The Kier molecular flexibility index (Phi) is 5.21. The summed E-state index contributed by atoms with van der Waals surface area (Å²) in [4.78, 5) is 22.9. The van der Waals surface area contributed by atoms with Crippen LogP contribution in [-0.2, 0) is 4.79 Å². The summed E-state index contributed by atoms with van der Waals surface area (Å²) in [7, 11) is 0. The Morgan fingerprint density at radius 2 is 2.09 bits per heavy atom. The summed E-state index contributed by atoms with van der Waals surface area (Å²) < 4.78 is 0. The van der Waals surface area contributed by atoms with Crippen molar-refractivity contribution in [2.45, 2.75) is 38.0 Å². The number of carbonyl (C=O) groups is 1. The Bertz CT molecular complexity index is 478. The Balaban J connectivity index is 1.49. The monoisotopic (exact) mass is 303 g/mol. The van der Waals surface area contributed by atoms with Gasteiger partial charge in [0.15, 0.2) is 0 Å². The minimum Gasteiger partial charge on any atom is -0.360 e. The molecule has 1 amide bonds. The van der Waals surface area contributed by atoms with E-state index in [0.29, 0.717) is 18.3 Å². The molecular formula is C16H25N5O. The van der Waals surface area contributed by atoms with Gasteiger partial charge in [0.2, 0.25) is 5.91 Å². The van der Waals surface area contributed by atoms with E-state index in [9.17, 15) is 4.79 Å². The number of piperidine rings is 2. The molecule has 0 aliphatic carbocycles. The summed E-state index contributed by atoms with van der Waals surface area (Å²) in [5.74, 6) is 1.30. The Hall–Kier alpha value is -1.69. The van der Waals surface area contributed by atoms with Gasteiger partial charge in [0.25, 0.3) is 0 Å². The Labute approximate surface area is 131 Å². The molecule has 3 heterocycles. The zero-order chi connectivity index (χ0) is 15.2. The second-order valence-corrected chi connectivity index (χ2v) is 6.16. The van der Waals surface area contributed by atoms with Crippen LogP contribution in [0.4, 0.5) is 5.82 Å². The van der Waals surface area contributed by atoms with Crippen LogP contribution in [0.25, 0.3) is 0 Å². The lowest BCUT2D eigenvalue weighted by molar-refractivity contribution is -0.130. The molecule has 2 saturated heterocycles. The van der Waals surface area contributed by atoms with Crippen molar-refractivity contribution in [2.24, 2.45) is 0 Å². The van der Waals surface area contributed by atoms with Crippen molar-refractivity contribution in [3.8, 4) is 0 Å². The van der Waals surface area contributed by atoms with Crippen molar-refractivity contribution >= 4 is 11.7 Å². The molecule has 2 aliphatic rings. The molecule has 6 heteroatoms. The van der Waals surface area contributed by atoms with Crippen LogP contribution in [0, 0.1) is 0 Å². The fourth-order valence-corrected chi connectivity index (χ4v) is 3.17. The number of anilines is 1. The zero-order valence-corrected chi connectivity index (χ0v) is 13.1. The molecule has 3 rings (SSSR count). The summed E-state index contributed by atoms with van der Waals surface area (Å²) >= 11 is 0. The first-order valence-corrected chi connectivity index (χ1v) is 8.37. The Morgan fingerprint density at radius 3 is 2.77 bits per heavy atom. The maximum atomic E-state index is 12.1. The van der Waals surface area contributed by atoms with E-state index in [1.165, 1.54) is 19.3 Å². The van der Waals surface area contributed by atoms with E-state index in [1.54, 1.807) is 6.20 Å². The highest BCUT2D eigenvalue weighted by molar-refractivity contribution is 5.80. The van der Waals surface area contributed by atoms with Gasteiger partial charge in [0.1, 0.15) is 5.82 Å². The highest BCUT2D eigenvalue weighted by atomic mass is 16.2. The second-order valence-electron chi connectivity index (χ2n) is 6.16. The second kappa shape index (κ2) is 7.54. The average Bonchev–Trinajstić information content (AvgIpc) is 2.61. The molecule has 2 fully saturated rings. The fraction of sp³-hybridized carbons (Fsp3) is 0.688. The lowest BCUT2D eigenvalue weighted by Gasteiger charge is -2.26. The van der Waals surface area contributed by atoms with Gasteiger partial charge in [-0.2, -0.15) is 0 Å². The highest BCUT2D eigenvalue weighted by Gasteiger charge is 2.18. The maximum Gasteiger partial charge on any atom is 0.241 e. The van der Waals surface area contributed by atoms with E-state index in [-0.39, 0.29) is 5.91 Å². The van der Waals surface area contributed by atoms with Gasteiger partial charge in [-0.1, -0.05) is 0 Å². The number of nitrogens with zero attached hydrogens (tertiary/aromatic N) is 3. The smallest absolute Gasteiger partial charge is 0.241 e. The van der Waals surface area contributed by atoms with Crippen molar-refractivity contribution in [1.82, 2.24) is 20.2 Å². The maximum absolute atomic E-state index is 12.1. The van der Waals surface area contributed by atoms with Crippen LogP contribution in [0.15, 0.2) is 12.4 Å². The molecule has 0 radical (unpaired) electrons. The van der Waals surface area contributed by atoms with Crippen molar-refractivity contribution in [2.75, 3.05) is 38.0 Å². The largest absolute Gasteiger partial charge is 0.360 e. The SMILES string of the molecule is O=C(CNc1cnc(C2CCCNC2)cn1)N1CCCCC1. The Morgan fingerprint density at radius 1 is 1.23 bits per heavy atom. The van der Waals surface area contributed by atoms with Crippen LogP contribution in [-0.4, -0.2) is 53.5 Å². The summed E-state index contributed by atoms with van der Waals surface area (Å²) in [5.41, 5.74) is 1.04. The van der Waals surface area contributed by atoms with Crippen LogP contribution in [0.3, 0.4) is 0 Å². The van der Waals surface area contributed by atoms with Gasteiger partial charge in [-0.15, -0.1) is 0 Å². The molecule has 120 valence electrons. The van der Waals surface area contributed by atoms with Crippen LogP contribution in [0.2, 0.25) is 0 Å². The lowest BCUT2D eigenvalue weighted by atomic mass is 9.97. The number of rotatable bonds is 4. The number of hydrogen-bond acceptors (Lipinski definition) is 5. The van der Waals surface area contributed by atoms with Crippen LogP contribution < -0.4 is 10.6 Å². The van der Waals surface area contributed by atoms with E-state index >= 15 is 0 Å². The first-order valence-electron chi connectivity index (χ1n) is 8.37. The molecule has 0 saturated carbocycles. The van der Waals surface area contributed by atoms with E-state index in [2.05, 4.69) is 20.6 Å². The van der Waals surface area contributed by atoms with Gasteiger partial charge in [-0.25, -0.2) is 4.98 Å². The number of hydrogen-bond donors (Lipinski definition) is 2. The van der Waals surface area contributed by atoms with Crippen LogP contribution in [0.1, 0.15) is 43.7 Å². The molecule has 0 spiro atoms. The predicted octanol–water partition coefficient (Wildman–Crippen LogP) is 1.37. The van der Waals surface area contributed by atoms with Crippen molar-refractivity contribution < 1.29 is 4.79 Å². The van der Waals surface area contributed by atoms with Gasteiger partial charge in [-0.05, 0) is 38.6 Å². The molecule has 0 bridgehead atoms. The number of aromatic nitrogens is 2. The predicted molar refractivity (Wildman–Crippen MR) is 85.8 cm³/mol. The quantitative estimate of drug-likeness (QED) is 0.879. The van der Waals surface area contributed by atoms with E-state index in [0.717, 1.165) is 44.7 Å². The minimum atomic E-state index is 0.155. The van der Waals surface area contributed by atoms with E-state index in [4.69, 9.17) is 0 Å². The van der Waals surface area contributed by atoms with Crippen LogP contribution >= 0.6 is 0 Å². The van der Waals surface area contributed by atoms with E-state index in [1.807, 2.05) is 11.1 Å². The minimum absolute atomic E-state index is 0.155. The summed E-state index contributed by atoms with van der Waals surface area (Å²) in [6.07, 6.45) is 9.42. The lowest BCUT2D eigenvalue weighted by Crippen LogP contribution is -2.39. The molecule has 1 aromatic rings. The standard InChI is InChI=1S/C16H25N5O/c22-16(21-7-2-1-3-8-21)12-20-15-11-18-14(10-19-15)13-5-4-6-17-9-13/h10-11,13,17H,1-9,12H2,(H,19,20). The summed E-state index contributed by atoms with van der Waals surface area (Å²) in [5, 5.41) is 6.48. The number of likely N-dealkylation sites (tertiary alicyclic amines) is 1. The third-order valence-electron chi connectivity index (χ3n) is 4.52. The zero-order valence-electron chi connectivity index (χ0n) is 13.1. The van der Waals surface area contributed by atoms with Crippen molar-refractivity contribution in [1.29, 1.82) is 0 Å². The molecule has 2 N–H and O–H groups in total. The molecule has 2 aliphatic heterocycles. The summed E-state index contributed by atoms with van der Waals surface area (Å²) in [6, 6.07) is 0. The first kappa shape index (κ1) is 15.2. The number of carbonyl (C=O) groups excluding carboxylic acids is 1. The molecule has 1 aromatic heterocycles. The van der Waals surface area contributed by atoms with Gasteiger partial charge in [0, 0.05) is 25.6 Å². The molecule has 22 heavy (non-hydrogen) atoms. The molecule has 1 unspecified atom stereocenters. The van der Waals surface area contributed by atoms with Crippen molar-refractivity contribution in [3.63, 3.8) is 0 Å². The number of nitrogens with one attached hydrogen (secondary N) is 2. The van der Waals surface area contributed by atoms with Gasteiger partial charge < -0.3 is 15.5 Å². The summed E-state index contributed by atoms with van der Waals surface area (Å²) in [6.45, 7) is 4.16. The third-order valence-corrected chi connectivity index (χ3v) is 4.52. The van der Waals surface area contributed by atoms with Gasteiger partial charge >= 0.3 is 0 Å². The topological polar surface area (TPSA) is 70.1 Å². The normalized spacial score (nSPS) is 22.4. The van der Waals surface area contributed by atoms with Crippen molar-refractivity contribution in [3.05, 3.63) is 18.1 Å². The van der Waals surface area contributed by atoms with Gasteiger partial charge in [-0.3, -0.25) is 9.78 Å². The molecule has 6 nitrogen and oxygen atoms in total. The highest BCUT2D eigenvalue weighted by Crippen LogP contribution is 2.21. The molecule has 0 aromatic carbocycles. The average molecular weight is 303 g/mol. The van der Waals surface area contributed by atoms with Gasteiger partial charge in [0.05, 0.1) is 24.6 Å². The molecular weight excluding hydrogens is 278 g/mol. The van der Waals surface area contributed by atoms with Crippen LogP contribution in [0.5, 0.6) is 0 Å². The number of amides is 1. The van der Waals surface area contributed by atoms with E-state index < -0.39 is 0 Å². The fourth-order valence-electron chi connectivity index (χ4n) is 3.17.